The maximum atomic E-state index is 14.0. The summed E-state index contributed by atoms with van der Waals surface area (Å²) in [4.78, 5) is 21.2. The van der Waals surface area contributed by atoms with E-state index in [0.29, 0.717) is 31.4 Å². The van der Waals surface area contributed by atoms with Gasteiger partial charge >= 0.3 is 5.97 Å². The molecule has 8 unspecified atom stereocenters. The summed E-state index contributed by atoms with van der Waals surface area (Å²) in [5.41, 5.74) is 0.960. The molecule has 0 aromatic carbocycles. The van der Waals surface area contributed by atoms with E-state index in [1.54, 1.807) is 6.08 Å². The zero-order valence-electron chi connectivity index (χ0n) is 35.9. The number of hydrogen-bond acceptors (Lipinski definition) is 9. The normalized spacial score (nSPS) is 30.1. The molecule has 1 aromatic heterocycles. The minimum atomic E-state index is -2.40. The van der Waals surface area contributed by atoms with Crippen LogP contribution in [0.4, 0.5) is 0 Å². The molecule has 10 heteroatoms. The summed E-state index contributed by atoms with van der Waals surface area (Å²) in [5.74, 6) is 0.294. The largest absolute Gasteiger partial charge is 0.457 e. The molecule has 2 N–H and O–H groups in total. The van der Waals surface area contributed by atoms with E-state index in [0.717, 1.165) is 37.3 Å². The minimum Gasteiger partial charge on any atom is -0.457 e. The Morgan fingerprint density at radius 3 is 2.62 bits per heavy atom. The number of hydrogen-bond donors (Lipinski definition) is 2. The van der Waals surface area contributed by atoms with Crippen LogP contribution in [0.2, 0.25) is 18.1 Å². The van der Waals surface area contributed by atoms with E-state index in [1.807, 2.05) is 77.2 Å². The Kier molecular flexibility index (Phi) is 17.4. The fourth-order valence-corrected chi connectivity index (χ4v) is 10.8. The molecule has 0 radical (unpaired) electrons. The third-order valence-electron chi connectivity index (χ3n) is 12.8. The number of piperidine rings is 2. The lowest BCUT2D eigenvalue weighted by molar-refractivity contribution is -0.221. The average molecular weight is 782 g/mol. The molecule has 0 spiro atoms. The maximum Gasteiger partial charge on any atom is 0.308 e. The molecule has 8 atom stereocenters. The number of allylic oxidation sites excluding steroid dienone is 3. The van der Waals surface area contributed by atoms with Crippen LogP contribution in [-0.2, 0) is 23.4 Å². The maximum absolute atomic E-state index is 14.0. The number of rotatable bonds is 14. The van der Waals surface area contributed by atoms with Crippen molar-refractivity contribution in [3.8, 4) is 0 Å². The molecule has 1 aromatic rings. The monoisotopic (exact) mass is 782 g/mol. The number of ether oxygens (including phenoxy) is 3. The van der Waals surface area contributed by atoms with Crippen LogP contribution in [-0.4, -0.2) is 98.3 Å². The summed E-state index contributed by atoms with van der Waals surface area (Å²) >= 11 is 0. The fourth-order valence-electron chi connectivity index (χ4n) is 8.67. The lowest BCUT2D eigenvalue weighted by atomic mass is 9.87. The second-order valence-electron chi connectivity index (χ2n) is 18.0. The highest BCUT2D eigenvalue weighted by Crippen LogP contribution is 2.46. The standard InChI is InChI=1S/C45H75N3O6Si/c1-11-51-36(5)53-45(8)25-22-39(54-55(9,10)44(6,7)31-37-18-15-29-48(32-37)38-23-27-46-28-24-38)30-42(50)52-43(35(4)20-21-41(45)49)34(3)17-14-16-33(2)40-19-12-13-26-47-40/h12-14,16-17,19-21,26,33,35-39,41,43,46,49H,11,15,18,22-25,27-32H2,1-10H3. The molecule has 0 amide bonds. The third kappa shape index (κ3) is 13.4. The lowest BCUT2D eigenvalue weighted by Gasteiger charge is -2.46. The number of aliphatic hydroxyl groups is 1. The molecule has 3 aliphatic rings. The fraction of sp³-hybridized carbons (Fsp3) is 0.733. The molecule has 4 heterocycles. The molecule has 2 fully saturated rings. The molecule has 0 aliphatic carbocycles. The van der Waals surface area contributed by atoms with Gasteiger partial charge in [-0.15, -0.1) is 0 Å². The number of aromatic nitrogens is 1. The molecule has 55 heavy (non-hydrogen) atoms. The van der Waals surface area contributed by atoms with Gasteiger partial charge in [0, 0.05) is 42.9 Å². The predicted octanol–water partition coefficient (Wildman–Crippen LogP) is 8.72. The van der Waals surface area contributed by atoms with E-state index in [9.17, 15) is 9.90 Å². The third-order valence-corrected chi connectivity index (χ3v) is 17.2. The van der Waals surface area contributed by atoms with E-state index < -0.39 is 32.4 Å². The number of esters is 1. The van der Waals surface area contributed by atoms with Crippen LogP contribution in [0, 0.1) is 11.8 Å². The van der Waals surface area contributed by atoms with Crippen molar-refractivity contribution in [3.63, 3.8) is 0 Å². The van der Waals surface area contributed by atoms with Gasteiger partial charge in [-0.3, -0.25) is 9.78 Å². The van der Waals surface area contributed by atoms with E-state index in [1.165, 1.54) is 32.2 Å². The van der Waals surface area contributed by atoms with Crippen LogP contribution in [0.3, 0.4) is 0 Å². The zero-order valence-corrected chi connectivity index (χ0v) is 36.9. The van der Waals surface area contributed by atoms with Crippen LogP contribution in [0.15, 0.2) is 60.3 Å². The molecular weight excluding hydrogens is 707 g/mol. The van der Waals surface area contributed by atoms with Crippen molar-refractivity contribution in [2.45, 2.75) is 167 Å². The van der Waals surface area contributed by atoms with Gasteiger partial charge in [0.1, 0.15) is 12.2 Å². The minimum absolute atomic E-state index is 0.0248. The van der Waals surface area contributed by atoms with Gasteiger partial charge in [-0.2, -0.15) is 0 Å². The Hall–Kier alpha value is -2.18. The van der Waals surface area contributed by atoms with Crippen molar-refractivity contribution in [1.82, 2.24) is 15.2 Å². The predicted molar refractivity (Wildman–Crippen MR) is 225 cm³/mol. The average Bonchev–Trinajstić information content (AvgIpc) is 3.15. The van der Waals surface area contributed by atoms with Gasteiger partial charge in [0.05, 0.1) is 18.1 Å². The van der Waals surface area contributed by atoms with Gasteiger partial charge in [0.25, 0.3) is 0 Å². The van der Waals surface area contributed by atoms with E-state index in [-0.39, 0.29) is 35.4 Å². The molecule has 2 saturated heterocycles. The number of carbonyl (C=O) groups excluding carboxylic acids is 1. The van der Waals surface area contributed by atoms with E-state index in [4.69, 9.17) is 18.6 Å². The van der Waals surface area contributed by atoms with Gasteiger partial charge in [-0.25, -0.2) is 0 Å². The quantitative estimate of drug-likeness (QED) is 0.0631. The van der Waals surface area contributed by atoms with Gasteiger partial charge < -0.3 is 34.0 Å². The SMILES string of the molecule is CCOC(C)OC1(C)CCC(O[Si](C)(C)C(C)(C)CC2CCCN(C3CCNCC3)C2)CC(=O)OC(C(C)=CC=CC(C)c2ccccn2)C(C)C=CC1O. The van der Waals surface area contributed by atoms with Crippen molar-refractivity contribution in [2.75, 3.05) is 32.8 Å². The zero-order chi connectivity index (χ0) is 40.2. The summed E-state index contributed by atoms with van der Waals surface area (Å²) in [6, 6.07) is 6.63. The molecule has 310 valence electrons. The Labute approximate surface area is 334 Å². The van der Waals surface area contributed by atoms with E-state index in [2.05, 4.69) is 55.1 Å². The lowest BCUT2D eigenvalue weighted by Crippen LogP contribution is -2.50. The van der Waals surface area contributed by atoms with Crippen LogP contribution < -0.4 is 5.32 Å². The number of likely N-dealkylation sites (tertiary alicyclic amines) is 1. The Morgan fingerprint density at radius 2 is 1.93 bits per heavy atom. The van der Waals surface area contributed by atoms with Crippen molar-refractivity contribution < 1.29 is 28.5 Å². The molecule has 0 saturated carbocycles. The highest BCUT2D eigenvalue weighted by Gasteiger charge is 2.46. The van der Waals surface area contributed by atoms with Crippen molar-refractivity contribution in [3.05, 3.63) is 66.0 Å². The number of nitrogens with zero attached hydrogens (tertiary/aromatic N) is 2. The molecule has 3 aliphatic heterocycles. The first kappa shape index (κ1) is 45.5. The van der Waals surface area contributed by atoms with E-state index >= 15 is 0 Å². The van der Waals surface area contributed by atoms with Crippen molar-refractivity contribution >= 4 is 14.3 Å². The van der Waals surface area contributed by atoms with Crippen molar-refractivity contribution in [2.24, 2.45) is 11.8 Å². The number of nitrogens with one attached hydrogen (secondary N) is 1. The summed E-state index contributed by atoms with van der Waals surface area (Å²) in [7, 11) is -2.40. The Balaban J connectivity index is 1.56. The van der Waals surface area contributed by atoms with Crippen LogP contribution in [0.5, 0.6) is 0 Å². The van der Waals surface area contributed by atoms with Crippen LogP contribution >= 0.6 is 0 Å². The summed E-state index contributed by atoms with van der Waals surface area (Å²) in [5, 5.41) is 15.2. The number of aliphatic hydroxyl groups excluding tert-OH is 1. The van der Waals surface area contributed by atoms with Crippen LogP contribution in [0.25, 0.3) is 0 Å². The molecule has 4 rings (SSSR count). The van der Waals surface area contributed by atoms with Crippen molar-refractivity contribution in [1.29, 1.82) is 0 Å². The number of carbonyl (C=O) groups is 1. The molecule has 9 nitrogen and oxygen atoms in total. The highest BCUT2D eigenvalue weighted by molar-refractivity contribution is 6.74. The summed E-state index contributed by atoms with van der Waals surface area (Å²) < 4.78 is 25.8. The van der Waals surface area contributed by atoms with Crippen LogP contribution in [0.1, 0.15) is 118 Å². The highest BCUT2D eigenvalue weighted by atomic mass is 28.4. The van der Waals surface area contributed by atoms with Gasteiger partial charge in [-0.05, 0) is 134 Å². The van der Waals surface area contributed by atoms with Gasteiger partial charge in [-0.1, -0.05) is 64.1 Å². The Bertz CT molecular complexity index is 1410. The molecule has 0 bridgehead atoms. The first-order valence-electron chi connectivity index (χ1n) is 21.3. The van der Waals surface area contributed by atoms with Gasteiger partial charge in [0.2, 0.25) is 0 Å². The first-order chi connectivity index (χ1) is 26.0. The van der Waals surface area contributed by atoms with Gasteiger partial charge in [0.15, 0.2) is 14.6 Å². The Morgan fingerprint density at radius 1 is 1.18 bits per heavy atom. The molecular formula is C45H75N3O6Si. The second kappa shape index (κ2) is 21.0. The first-order valence-corrected chi connectivity index (χ1v) is 24.2. The second-order valence-corrected chi connectivity index (χ2v) is 22.6. The number of cyclic esters (lactones) is 1. The summed E-state index contributed by atoms with van der Waals surface area (Å²) in [6.07, 6.45) is 16.6. The topological polar surface area (TPSA) is 102 Å². The number of pyridine rings is 1. The smallest absolute Gasteiger partial charge is 0.308 e. The summed E-state index contributed by atoms with van der Waals surface area (Å²) in [6.45, 7) is 26.4.